The topological polar surface area (TPSA) is 52.6 Å². The third-order valence-electron chi connectivity index (χ3n) is 3.20. The first-order valence-electron chi connectivity index (χ1n) is 6.94. The zero-order chi connectivity index (χ0) is 15.0. The van der Waals surface area contributed by atoms with Crippen LogP contribution in [0.2, 0.25) is 0 Å². The molecule has 0 aromatic rings. The maximum atomic E-state index is 12.0. The number of rotatable bonds is 10. The summed E-state index contributed by atoms with van der Waals surface area (Å²) < 4.78 is 0. The van der Waals surface area contributed by atoms with Crippen molar-refractivity contribution in [3.05, 3.63) is 0 Å². The summed E-state index contributed by atoms with van der Waals surface area (Å²) in [7, 11) is 4.58. The summed E-state index contributed by atoms with van der Waals surface area (Å²) in [6, 6.07) is 0. The molecule has 1 N–H and O–H groups in total. The highest BCUT2D eigenvalue weighted by atomic mass is 127. The number of nitrogens with one attached hydrogen (secondary N) is 1. The molecule has 1 aliphatic rings. The largest absolute Gasteiger partial charge is 0.317 e. The van der Waals surface area contributed by atoms with Gasteiger partial charge in [-0.05, 0) is 46.6 Å². The van der Waals surface area contributed by atoms with E-state index in [0.29, 0.717) is 21.4 Å². The smallest absolute Gasteiger partial charge is 0.236 e. The second kappa shape index (κ2) is 10.1. The van der Waals surface area contributed by atoms with Crippen LogP contribution in [0.25, 0.3) is 0 Å². The molecule has 0 spiro atoms. The van der Waals surface area contributed by atoms with E-state index >= 15 is 0 Å². The highest BCUT2D eigenvalue weighted by molar-refractivity contribution is 14.1. The minimum absolute atomic E-state index is 0.00152. The fourth-order valence-corrected chi connectivity index (χ4v) is 4.18. The van der Waals surface area contributed by atoms with Gasteiger partial charge in [0.25, 0.3) is 0 Å². The molecule has 0 aromatic heterocycles. The second-order valence-electron chi connectivity index (χ2n) is 5.18. The summed E-state index contributed by atoms with van der Waals surface area (Å²) in [5.74, 6) is 0.0206. The molecule has 1 saturated heterocycles. The Labute approximate surface area is 137 Å². The molecule has 2 atom stereocenters. The molecular formula is C12H23BIN3O2P. The van der Waals surface area contributed by atoms with E-state index in [1.165, 1.54) is 4.90 Å². The van der Waals surface area contributed by atoms with Crippen LogP contribution in [-0.2, 0) is 9.59 Å². The average molecular weight is 410 g/mol. The summed E-state index contributed by atoms with van der Waals surface area (Å²) >= 11 is 2.15. The van der Waals surface area contributed by atoms with Gasteiger partial charge in [0.05, 0.1) is 5.66 Å². The van der Waals surface area contributed by atoms with Crippen LogP contribution in [0, 0.1) is 0 Å². The van der Waals surface area contributed by atoms with Crippen LogP contribution in [-0.4, -0.2) is 72.4 Å². The standard InChI is InChI=1S/C12H23BIN3O2P/c1-16(2)7-3-5-15-6-4-8-17-11(18)9-10(12(17)19)20-13-14/h10,15,20H,3-9H2,1-2H3. The Morgan fingerprint density at radius 3 is 2.75 bits per heavy atom. The summed E-state index contributed by atoms with van der Waals surface area (Å²) in [5, 5.41) is 3.35. The van der Waals surface area contributed by atoms with Gasteiger partial charge < -0.3 is 10.2 Å². The Morgan fingerprint density at radius 2 is 2.10 bits per heavy atom. The van der Waals surface area contributed by atoms with Crippen molar-refractivity contribution < 1.29 is 9.59 Å². The van der Waals surface area contributed by atoms with Crippen molar-refractivity contribution in [2.24, 2.45) is 0 Å². The summed E-state index contributed by atoms with van der Waals surface area (Å²) in [6.07, 6.45) is 2.35. The lowest BCUT2D eigenvalue weighted by molar-refractivity contribution is -0.138. The average Bonchev–Trinajstić information content (AvgIpc) is 2.65. The number of carbonyl (C=O) groups is 2. The van der Waals surface area contributed by atoms with Gasteiger partial charge in [0.1, 0.15) is 0 Å². The van der Waals surface area contributed by atoms with E-state index in [0.717, 1.165) is 32.5 Å². The molecule has 2 unspecified atom stereocenters. The number of imide groups is 1. The molecular weight excluding hydrogens is 387 g/mol. The molecule has 0 bridgehead atoms. The summed E-state index contributed by atoms with van der Waals surface area (Å²) in [6.45, 7) is 3.47. The van der Waals surface area contributed by atoms with Crippen molar-refractivity contribution in [2.75, 3.05) is 40.3 Å². The van der Waals surface area contributed by atoms with Crippen LogP contribution >= 0.6 is 30.8 Å². The summed E-state index contributed by atoms with van der Waals surface area (Å²) in [5.41, 5.74) is -0.0903. The van der Waals surface area contributed by atoms with Gasteiger partial charge in [-0.25, -0.2) is 0 Å². The van der Waals surface area contributed by atoms with Gasteiger partial charge in [0.15, 0.2) is 0 Å². The molecule has 1 aliphatic heterocycles. The first-order chi connectivity index (χ1) is 9.56. The third-order valence-corrected chi connectivity index (χ3v) is 5.26. The number of carbonyl (C=O) groups excluding carboxylic acids is 2. The van der Waals surface area contributed by atoms with Crippen molar-refractivity contribution in [3.63, 3.8) is 0 Å². The van der Waals surface area contributed by atoms with Crippen LogP contribution in [0.1, 0.15) is 19.3 Å². The molecule has 1 rings (SSSR count). The van der Waals surface area contributed by atoms with Crippen LogP contribution in [0.4, 0.5) is 0 Å². The lowest BCUT2D eigenvalue weighted by Gasteiger charge is -2.15. The monoisotopic (exact) mass is 410 g/mol. The molecule has 0 aromatic carbocycles. The van der Waals surface area contributed by atoms with Gasteiger partial charge in [-0.2, -0.15) is 22.4 Å². The highest BCUT2D eigenvalue weighted by Gasteiger charge is 2.37. The van der Waals surface area contributed by atoms with Crippen molar-refractivity contribution in [3.8, 4) is 0 Å². The predicted octanol–water partition coefficient (Wildman–Crippen LogP) is 0.693. The van der Waals surface area contributed by atoms with Gasteiger partial charge in [-0.1, -0.05) is 0 Å². The molecule has 1 fully saturated rings. The van der Waals surface area contributed by atoms with Crippen molar-refractivity contribution >= 4 is 47.5 Å². The van der Waals surface area contributed by atoms with E-state index in [2.05, 4.69) is 46.7 Å². The Balaban J connectivity index is 2.12. The lowest BCUT2D eigenvalue weighted by atomic mass is 10.3. The number of hydrogen-bond donors (Lipinski definition) is 1. The normalized spacial score (nSPS) is 19.8. The molecule has 2 amide bonds. The predicted molar refractivity (Wildman–Crippen MR) is 93.9 cm³/mol. The number of hydrogen-bond acceptors (Lipinski definition) is 4. The van der Waals surface area contributed by atoms with E-state index in [-0.39, 0.29) is 17.5 Å². The molecule has 0 saturated carbocycles. The highest BCUT2D eigenvalue weighted by Crippen LogP contribution is 2.30. The van der Waals surface area contributed by atoms with Gasteiger partial charge in [-0.3, -0.25) is 14.5 Å². The Kier molecular flexibility index (Phi) is 9.25. The lowest BCUT2D eigenvalue weighted by Crippen LogP contribution is -2.34. The number of halogens is 1. The van der Waals surface area contributed by atoms with Crippen LogP contribution < -0.4 is 5.32 Å². The van der Waals surface area contributed by atoms with Gasteiger partial charge in [-0.15, -0.1) is 8.46 Å². The minimum atomic E-state index is -0.0903. The Bertz CT molecular complexity index is 334. The zero-order valence-corrected chi connectivity index (χ0v) is 15.4. The van der Waals surface area contributed by atoms with Crippen molar-refractivity contribution in [1.29, 1.82) is 0 Å². The van der Waals surface area contributed by atoms with Crippen molar-refractivity contribution in [1.82, 2.24) is 15.1 Å². The Morgan fingerprint density at radius 1 is 1.40 bits per heavy atom. The maximum Gasteiger partial charge on any atom is 0.236 e. The van der Waals surface area contributed by atoms with Crippen molar-refractivity contribution in [2.45, 2.75) is 24.9 Å². The molecule has 113 valence electrons. The maximum absolute atomic E-state index is 12.0. The third kappa shape index (κ3) is 6.37. The number of amides is 2. The van der Waals surface area contributed by atoms with E-state index in [4.69, 9.17) is 0 Å². The number of nitrogens with zero attached hydrogens (tertiary/aromatic N) is 2. The molecule has 20 heavy (non-hydrogen) atoms. The second-order valence-corrected chi connectivity index (χ2v) is 8.29. The minimum Gasteiger partial charge on any atom is -0.317 e. The fraction of sp³-hybridized carbons (Fsp3) is 0.833. The number of likely N-dealkylation sites (tertiary alicyclic amines) is 1. The van der Waals surface area contributed by atoms with Gasteiger partial charge in [0.2, 0.25) is 16.7 Å². The molecule has 1 heterocycles. The quantitative estimate of drug-likeness (QED) is 0.190. The molecule has 5 nitrogen and oxygen atoms in total. The van der Waals surface area contributed by atoms with Crippen LogP contribution in [0.15, 0.2) is 0 Å². The molecule has 1 radical (unpaired) electrons. The Hall–Kier alpha value is 0.285. The van der Waals surface area contributed by atoms with E-state index in [9.17, 15) is 9.59 Å². The van der Waals surface area contributed by atoms with Crippen LogP contribution in [0.3, 0.4) is 0 Å². The summed E-state index contributed by atoms with van der Waals surface area (Å²) in [4.78, 5) is 29.4. The molecule has 0 aliphatic carbocycles. The van der Waals surface area contributed by atoms with Gasteiger partial charge >= 0.3 is 0 Å². The van der Waals surface area contributed by atoms with E-state index in [1.807, 2.05) is 4.86 Å². The SMILES string of the molecule is CN(C)CCCNCCCN1C(=O)CC(P[B]I)C1=O. The van der Waals surface area contributed by atoms with E-state index in [1.54, 1.807) is 0 Å². The zero-order valence-electron chi connectivity index (χ0n) is 12.2. The first kappa shape index (κ1) is 18.3. The molecule has 8 heteroatoms. The van der Waals surface area contributed by atoms with E-state index < -0.39 is 0 Å². The van der Waals surface area contributed by atoms with Crippen LogP contribution in [0.5, 0.6) is 0 Å². The fourth-order valence-electron chi connectivity index (χ4n) is 2.13. The first-order valence-corrected chi connectivity index (χ1v) is 9.34. The van der Waals surface area contributed by atoms with Gasteiger partial charge in [0, 0.05) is 13.0 Å².